The van der Waals surface area contributed by atoms with Gasteiger partial charge in [0.05, 0.1) is 18.4 Å². The number of hydrogen-bond donors (Lipinski definition) is 1. The molecule has 2 atom stereocenters. The van der Waals surface area contributed by atoms with Crippen LogP contribution in [0.2, 0.25) is 0 Å². The molecule has 0 spiro atoms. The number of rotatable bonds is 5. The third-order valence-electron chi connectivity index (χ3n) is 5.54. The van der Waals surface area contributed by atoms with E-state index in [2.05, 4.69) is 15.3 Å². The summed E-state index contributed by atoms with van der Waals surface area (Å²) in [4.78, 5) is 41.1. The Kier molecular flexibility index (Phi) is 5.66. The molecule has 2 aliphatic carbocycles. The fraction of sp³-hybridized carbons (Fsp3) is 0.286. The van der Waals surface area contributed by atoms with E-state index in [0.29, 0.717) is 16.7 Å². The first-order valence-electron chi connectivity index (χ1n) is 9.80. The summed E-state index contributed by atoms with van der Waals surface area (Å²) in [6.45, 7) is -0.304. The zero-order chi connectivity index (χ0) is 23.9. The van der Waals surface area contributed by atoms with Crippen molar-refractivity contribution in [2.75, 3.05) is 13.3 Å². The lowest BCUT2D eigenvalue weighted by Crippen LogP contribution is -2.24. The minimum atomic E-state index is -3.94. The Morgan fingerprint density at radius 3 is 2.48 bits per heavy atom. The number of carbonyl (C=O) groups is 3. The smallest absolute Gasteiger partial charge is 0.407 e. The molecule has 0 unspecified atom stereocenters. The van der Waals surface area contributed by atoms with E-state index in [9.17, 15) is 22.8 Å². The van der Waals surface area contributed by atoms with Crippen LogP contribution in [-0.2, 0) is 32.1 Å². The Balaban J connectivity index is 1.95. The molecule has 4 rings (SSSR count). The molecular formula is C21H18N4O7S. The van der Waals surface area contributed by atoms with E-state index >= 15 is 0 Å². The SMILES string of the molecule is CNC(=O)OCc1cc2c(c3c1[C@@H](N=[N+]=[N-])[C@H](OS(C)(=O)=O)C3)C(=O)c1ccccc1C2=O. The topological polar surface area (TPSA) is 165 Å². The van der Waals surface area contributed by atoms with Crippen LogP contribution in [-0.4, -0.2) is 45.5 Å². The second-order valence-electron chi connectivity index (χ2n) is 7.57. The predicted octanol–water partition coefficient (Wildman–Crippen LogP) is 2.57. The summed E-state index contributed by atoms with van der Waals surface area (Å²) >= 11 is 0. The minimum absolute atomic E-state index is 0.0938. The van der Waals surface area contributed by atoms with Gasteiger partial charge in [-0.2, -0.15) is 8.42 Å². The third-order valence-corrected chi connectivity index (χ3v) is 6.14. The van der Waals surface area contributed by atoms with Crippen molar-refractivity contribution >= 4 is 27.8 Å². The molecule has 0 fully saturated rings. The highest BCUT2D eigenvalue weighted by atomic mass is 32.2. The van der Waals surface area contributed by atoms with Gasteiger partial charge in [0.25, 0.3) is 10.1 Å². The average Bonchev–Trinajstić information content (AvgIpc) is 3.11. The lowest BCUT2D eigenvalue weighted by molar-refractivity contribution is 0.0977. The molecule has 0 saturated heterocycles. The van der Waals surface area contributed by atoms with E-state index in [0.717, 1.165) is 6.26 Å². The van der Waals surface area contributed by atoms with E-state index in [1.54, 1.807) is 18.2 Å². The number of fused-ring (bicyclic) bond motifs is 4. The number of nitrogens with zero attached hydrogens (tertiary/aromatic N) is 3. The second kappa shape index (κ2) is 8.32. The Morgan fingerprint density at radius 2 is 1.88 bits per heavy atom. The van der Waals surface area contributed by atoms with Crippen molar-refractivity contribution in [1.82, 2.24) is 5.32 Å². The van der Waals surface area contributed by atoms with Crippen molar-refractivity contribution in [2.45, 2.75) is 25.2 Å². The van der Waals surface area contributed by atoms with Gasteiger partial charge in [-0.05, 0) is 28.3 Å². The largest absolute Gasteiger partial charge is 0.445 e. The second-order valence-corrected chi connectivity index (χ2v) is 9.17. The van der Waals surface area contributed by atoms with Crippen molar-refractivity contribution in [1.29, 1.82) is 0 Å². The van der Waals surface area contributed by atoms with Crippen LogP contribution in [0, 0.1) is 0 Å². The van der Waals surface area contributed by atoms with Gasteiger partial charge >= 0.3 is 6.09 Å². The Morgan fingerprint density at radius 1 is 1.21 bits per heavy atom. The quantitative estimate of drug-likeness (QED) is 0.259. The monoisotopic (exact) mass is 470 g/mol. The highest BCUT2D eigenvalue weighted by molar-refractivity contribution is 7.86. The molecule has 0 bridgehead atoms. The van der Waals surface area contributed by atoms with Gasteiger partial charge in [-0.15, -0.1) is 0 Å². The van der Waals surface area contributed by atoms with Gasteiger partial charge in [0.15, 0.2) is 11.6 Å². The maximum absolute atomic E-state index is 13.4. The van der Waals surface area contributed by atoms with Crippen molar-refractivity contribution in [3.05, 3.63) is 79.7 Å². The van der Waals surface area contributed by atoms with Gasteiger partial charge in [0.2, 0.25) is 0 Å². The van der Waals surface area contributed by atoms with Crippen LogP contribution in [0.3, 0.4) is 0 Å². The molecule has 0 radical (unpaired) electrons. The molecule has 1 amide bonds. The van der Waals surface area contributed by atoms with Crippen LogP contribution in [0.15, 0.2) is 35.4 Å². The lowest BCUT2D eigenvalue weighted by Gasteiger charge is -2.23. The molecule has 2 aromatic carbocycles. The molecule has 11 nitrogen and oxygen atoms in total. The number of hydrogen-bond acceptors (Lipinski definition) is 8. The van der Waals surface area contributed by atoms with Crippen molar-refractivity contribution in [3.8, 4) is 0 Å². The first-order chi connectivity index (χ1) is 15.7. The normalized spacial score (nSPS) is 18.6. The Bertz CT molecular complexity index is 1360. The number of nitrogens with one attached hydrogen (secondary N) is 1. The Hall–Kier alpha value is -3.73. The summed E-state index contributed by atoms with van der Waals surface area (Å²) in [6, 6.07) is 6.68. The number of ether oxygens (including phenoxy) is 1. The Labute approximate surface area is 188 Å². The number of amides is 1. The summed E-state index contributed by atoms with van der Waals surface area (Å²) in [6.07, 6.45) is -1.10. The fourth-order valence-corrected chi connectivity index (χ4v) is 4.95. The molecular weight excluding hydrogens is 452 g/mol. The van der Waals surface area contributed by atoms with Crippen LogP contribution in [0.1, 0.15) is 54.6 Å². The van der Waals surface area contributed by atoms with Crippen LogP contribution >= 0.6 is 0 Å². The van der Waals surface area contributed by atoms with E-state index < -0.39 is 39.9 Å². The van der Waals surface area contributed by atoms with Gasteiger partial charge in [0, 0.05) is 40.6 Å². The lowest BCUT2D eigenvalue weighted by atomic mass is 9.79. The standard InChI is InChI=1S/C21H18N4O7S/c1-23-21(28)31-9-10-7-14-17(20(27)12-6-4-3-5-11(12)19(14)26)13-8-15(32-33(2,29)30)18(16(10)13)24-25-22/h3-7,15,18H,8-9H2,1-2H3,(H,23,28)/t15-,18+/m1/s1. The average molecular weight is 470 g/mol. The van der Waals surface area contributed by atoms with Gasteiger partial charge in [-0.3, -0.25) is 13.8 Å². The first-order valence-corrected chi connectivity index (χ1v) is 11.6. The van der Waals surface area contributed by atoms with Crippen LogP contribution in [0.25, 0.3) is 10.4 Å². The number of carbonyl (C=O) groups excluding carboxylic acids is 3. The van der Waals surface area contributed by atoms with Gasteiger partial charge in [-0.25, -0.2) is 4.79 Å². The molecule has 0 heterocycles. The molecule has 2 aromatic rings. The van der Waals surface area contributed by atoms with Gasteiger partial charge in [-0.1, -0.05) is 29.4 Å². The first kappa shape index (κ1) is 22.5. The fourth-order valence-electron chi connectivity index (χ4n) is 4.33. The highest BCUT2D eigenvalue weighted by Gasteiger charge is 2.43. The highest BCUT2D eigenvalue weighted by Crippen LogP contribution is 2.44. The zero-order valence-electron chi connectivity index (χ0n) is 17.6. The van der Waals surface area contributed by atoms with Crippen molar-refractivity contribution in [3.63, 3.8) is 0 Å². The van der Waals surface area contributed by atoms with E-state index in [4.69, 9.17) is 14.5 Å². The summed E-state index contributed by atoms with van der Waals surface area (Å²) in [7, 11) is -2.57. The summed E-state index contributed by atoms with van der Waals surface area (Å²) in [5.74, 6) is -0.799. The van der Waals surface area contributed by atoms with Crippen molar-refractivity contribution in [2.24, 2.45) is 5.11 Å². The van der Waals surface area contributed by atoms with Gasteiger partial charge < -0.3 is 10.1 Å². The van der Waals surface area contributed by atoms with E-state index in [-0.39, 0.29) is 35.3 Å². The number of azide groups is 1. The van der Waals surface area contributed by atoms with Crippen molar-refractivity contribution < 1.29 is 31.7 Å². The molecule has 2 aliphatic rings. The van der Waals surface area contributed by atoms with Crippen LogP contribution in [0.5, 0.6) is 0 Å². The maximum atomic E-state index is 13.4. The molecule has 12 heteroatoms. The molecule has 0 aliphatic heterocycles. The molecule has 1 N–H and O–H groups in total. The molecule has 0 saturated carbocycles. The third kappa shape index (κ3) is 3.95. The number of ketones is 2. The summed E-state index contributed by atoms with van der Waals surface area (Å²) in [5, 5.41) is 6.02. The van der Waals surface area contributed by atoms with E-state index in [1.165, 1.54) is 19.2 Å². The summed E-state index contributed by atoms with van der Waals surface area (Å²) < 4.78 is 34.0. The summed E-state index contributed by atoms with van der Waals surface area (Å²) in [5.41, 5.74) is 10.7. The maximum Gasteiger partial charge on any atom is 0.407 e. The zero-order valence-corrected chi connectivity index (χ0v) is 18.4. The molecule has 33 heavy (non-hydrogen) atoms. The van der Waals surface area contributed by atoms with Crippen LogP contribution < -0.4 is 5.32 Å². The minimum Gasteiger partial charge on any atom is -0.445 e. The van der Waals surface area contributed by atoms with Crippen LogP contribution in [0.4, 0.5) is 4.79 Å². The van der Waals surface area contributed by atoms with E-state index in [1.807, 2.05) is 0 Å². The molecule has 0 aromatic heterocycles. The van der Waals surface area contributed by atoms with Gasteiger partial charge in [0.1, 0.15) is 6.61 Å². The molecule has 170 valence electrons. The number of alkyl carbamates (subject to hydrolysis) is 1. The number of benzene rings is 2. The predicted molar refractivity (Wildman–Crippen MR) is 114 cm³/mol.